The topological polar surface area (TPSA) is 794 Å². The van der Waals surface area contributed by atoms with Crippen molar-refractivity contribution >= 4 is 41.5 Å². The van der Waals surface area contributed by atoms with Gasteiger partial charge in [-0.05, 0) is 44.9 Å². The van der Waals surface area contributed by atoms with E-state index in [2.05, 4.69) is 52.6 Å². The molecule has 0 aliphatic carbocycles. The Labute approximate surface area is 861 Å². The van der Waals surface area contributed by atoms with Gasteiger partial charge in [0.2, 0.25) is 29.5 Å². The normalized spacial score (nSPS) is 35.0. The Balaban J connectivity index is 1.20. The average Bonchev–Trinajstić information content (AvgIpc) is 0.745. The number of ether oxygens (including phenoxy) is 14. The number of hydrogen-bond acceptors (Lipinski definition) is 43. The van der Waals surface area contributed by atoms with Crippen molar-refractivity contribution in [1.82, 2.24) is 26.6 Å². The highest BCUT2D eigenvalue weighted by atomic mass is 16.8. The Morgan fingerprint density at radius 1 is 0.358 bits per heavy atom. The quantitative estimate of drug-likeness (QED) is 0.0201. The molecular formula is C98H171N5O45. The molecule has 0 aromatic carbocycles. The van der Waals surface area contributed by atoms with Crippen molar-refractivity contribution in [3.63, 3.8) is 0 Å². The van der Waals surface area contributed by atoms with Crippen LogP contribution in [0.5, 0.6) is 0 Å². The van der Waals surface area contributed by atoms with Gasteiger partial charge in [0.15, 0.2) is 31.5 Å². The molecule has 7 aliphatic rings. The van der Waals surface area contributed by atoms with Crippen LogP contribution < -0.4 is 26.6 Å². The summed E-state index contributed by atoms with van der Waals surface area (Å²) in [6.07, 6.45) is -35.3. The predicted octanol–water partition coefficient (Wildman–Crippen LogP) is -4.81. The summed E-state index contributed by atoms with van der Waals surface area (Å²) in [5.74, 6) is -16.6. The van der Waals surface area contributed by atoms with Gasteiger partial charge in [-0.3, -0.25) is 24.0 Å². The van der Waals surface area contributed by atoms with Crippen LogP contribution in [0.2, 0.25) is 0 Å². The van der Waals surface area contributed by atoms with Gasteiger partial charge in [-0.25, -0.2) is 9.59 Å². The Hall–Kier alpha value is -5.67. The molecule has 7 aliphatic heterocycles. The van der Waals surface area contributed by atoms with E-state index >= 15 is 0 Å². The van der Waals surface area contributed by atoms with E-state index in [0.717, 1.165) is 111 Å². The van der Waals surface area contributed by atoms with Gasteiger partial charge < -0.3 is 215 Å². The van der Waals surface area contributed by atoms with Gasteiger partial charge in [0.05, 0.1) is 89.3 Å². The lowest BCUT2D eigenvalue weighted by Crippen LogP contribution is -2.73. The Morgan fingerprint density at radius 2 is 0.709 bits per heavy atom. The predicted molar refractivity (Wildman–Crippen MR) is 513 cm³/mol. The van der Waals surface area contributed by atoms with Crippen molar-refractivity contribution in [2.24, 2.45) is 0 Å². The summed E-state index contributed by atoms with van der Waals surface area (Å²) in [7, 11) is 0. The molecule has 39 atom stereocenters. The fraction of sp³-hybridized carbons (Fsp3) is 0.888. The highest BCUT2D eigenvalue weighted by molar-refractivity contribution is 5.79. The van der Waals surface area contributed by atoms with Crippen LogP contribution in [0, 0.1) is 0 Å². The second kappa shape index (κ2) is 66.7. The van der Waals surface area contributed by atoms with Gasteiger partial charge in [0.25, 0.3) is 11.6 Å². The fourth-order valence-corrected chi connectivity index (χ4v) is 19.6. The van der Waals surface area contributed by atoms with Gasteiger partial charge in [-0.2, -0.15) is 0 Å². The Bertz CT molecular complexity index is 3860. The summed E-state index contributed by atoms with van der Waals surface area (Å²) >= 11 is 0. The standard InChI is InChI=1S/C98H171N5O45/c1-6-8-10-12-14-16-18-20-21-22-23-24-25-26-27-29-31-33-35-37-39-41-67(120)102-56(57(115)40-38-36-34-32-30-28-19-17-15-13-11-9-7-2)52-135-92-79(128)78(127)82(64(48-108)138-92)141-93-80(129)88(147-98(96(133)134)43-59(117)70(103-68(121)51-111)87(146-98)74(123)61(119)45-105)84(66(50-110)139-93)143-91-72(101-55(5)114)85(76(125)63(47-107)137-91)144-94-81(130)89(83(65(49-109)140-94)142-90-71(100-54(4)113)77(126)75(124)62(46-106)136-90)148-97(95(131)132)42-58(116)69(99-53(3)112)86(145-97)73(122)60(118)44-104/h20-21,38,40,56-66,69-94,104-111,115-119,122-130H,6-19,22-37,39,41-52H2,1-5H3,(H,99,112)(H,100,113)(H,101,114)(H,102,120)(H,103,121)(H,131,132)(H,133,134)/b21-20-,40-38+/t56-,57+,58?,59?,60+,61+,62?,63?,64?,65?,66?,69+,70+,71?,72?,73+,74+,75-,76-,77+,78+,79?,80?,81?,82+,83-,84-,85+,86?,87?,88+,89+,90-,91-,92+,93-,94-,97-,98-/m0/s1. The number of carboxylic acids is 2. The summed E-state index contributed by atoms with van der Waals surface area (Å²) in [6, 6.07) is -9.38. The molecule has 0 saturated carbocycles. The molecule has 7 heterocycles. The van der Waals surface area contributed by atoms with Gasteiger partial charge in [-0.1, -0.05) is 192 Å². The number of aliphatic carboxylic acids is 2. The third kappa shape index (κ3) is 38.1. The number of carbonyl (C=O) groups is 7. The minimum atomic E-state index is -3.63. The van der Waals surface area contributed by atoms with E-state index in [1.165, 1.54) is 102 Å². The zero-order chi connectivity index (χ0) is 109. The third-order valence-electron chi connectivity index (χ3n) is 27.8. The lowest BCUT2D eigenvalue weighted by atomic mass is 9.88. The van der Waals surface area contributed by atoms with Gasteiger partial charge in [0, 0.05) is 40.0 Å². The highest BCUT2D eigenvalue weighted by Gasteiger charge is 2.65. The minimum Gasteiger partial charge on any atom is -0.477 e. The number of allylic oxidation sites excluding steroid dienone is 3. The van der Waals surface area contributed by atoms with Crippen LogP contribution in [-0.2, 0) is 99.9 Å². The maximum absolute atomic E-state index is 14.2. The van der Waals surface area contributed by atoms with E-state index < -0.39 is 352 Å². The number of nitrogens with one attached hydrogen (secondary N) is 5. The van der Waals surface area contributed by atoms with E-state index in [1.54, 1.807) is 6.08 Å². The SMILES string of the molecule is CCCCCCCC/C=C\CCCCCCCCCCCCCC(=O)N[C@@H](CO[C@@H]1OC(CO)[C@@H](O[C@@H]2OC(CO)[C@H](O[C@@H]3OC(CO)[C@H](O)[C@H](O[C@@H]4OC(CO)[C@H](O[C@@H]5OC(CO)[C@H](O)[C@H](O)C5NC(C)=O)[C@H](O[C@]5(C(=O)O)CC(O)[C@@H](NC(C)=O)C([C@H](O)[C@H](O)CO)O5)C4O)C3NC(C)=O)[C@H](O[C@]3(C(=O)O)CC(O)[C@@H](NC(=O)CO)C([C@H](O)[C@H](O)CO)O3)C2O)[C@H](O)C1O)[C@H](O)/C=C/CCCCCCCCCCCCC. The molecule has 14 unspecified atom stereocenters. The minimum absolute atomic E-state index is 0.0626. The van der Waals surface area contributed by atoms with E-state index in [0.29, 0.717) is 12.8 Å². The van der Waals surface area contributed by atoms with Crippen LogP contribution in [0.15, 0.2) is 24.3 Å². The summed E-state index contributed by atoms with van der Waals surface area (Å²) in [4.78, 5) is 94.2. The molecule has 858 valence electrons. The molecule has 5 amide bonds. The average molecular weight is 2140 g/mol. The van der Waals surface area contributed by atoms with Gasteiger partial charge in [-0.15, -0.1) is 0 Å². The van der Waals surface area contributed by atoms with E-state index in [9.17, 15) is 156 Å². The van der Waals surface area contributed by atoms with Gasteiger partial charge in [0.1, 0.15) is 165 Å². The second-order valence-corrected chi connectivity index (χ2v) is 39.6. The van der Waals surface area contributed by atoms with Crippen LogP contribution in [0.1, 0.15) is 253 Å². The number of carboxylic acid groups (broad SMARTS) is 2. The van der Waals surface area contributed by atoms with Crippen LogP contribution in [0.25, 0.3) is 0 Å². The van der Waals surface area contributed by atoms with E-state index in [4.69, 9.17) is 66.3 Å². The van der Waals surface area contributed by atoms with Crippen molar-refractivity contribution in [3.8, 4) is 0 Å². The van der Waals surface area contributed by atoms with E-state index in [-0.39, 0.29) is 6.42 Å². The van der Waals surface area contributed by atoms with Crippen molar-refractivity contribution in [1.29, 1.82) is 0 Å². The highest BCUT2D eigenvalue weighted by Crippen LogP contribution is 2.45. The number of carbonyl (C=O) groups excluding carboxylic acids is 5. The first-order valence-corrected chi connectivity index (χ1v) is 52.5. The molecule has 0 aromatic heterocycles. The lowest BCUT2D eigenvalue weighted by molar-refractivity contribution is -0.408. The Kier molecular flexibility index (Phi) is 58.2. The van der Waals surface area contributed by atoms with Crippen molar-refractivity contribution < 1.29 is 222 Å². The molecule has 148 heavy (non-hydrogen) atoms. The molecule has 7 rings (SSSR count). The van der Waals surface area contributed by atoms with Crippen LogP contribution >= 0.6 is 0 Å². The molecule has 7 saturated heterocycles. The lowest BCUT2D eigenvalue weighted by Gasteiger charge is -2.53. The molecule has 0 bridgehead atoms. The number of aliphatic hydroxyl groups excluding tert-OH is 22. The smallest absolute Gasteiger partial charge is 0.364 e. The van der Waals surface area contributed by atoms with Crippen molar-refractivity contribution in [2.75, 3.05) is 59.5 Å². The number of amides is 5. The van der Waals surface area contributed by atoms with E-state index in [1.807, 2.05) is 0 Å². The maximum atomic E-state index is 14.2. The summed E-state index contributed by atoms with van der Waals surface area (Å²) < 4.78 is 85.9. The molecule has 7 fully saturated rings. The number of rotatable bonds is 69. The van der Waals surface area contributed by atoms with Crippen LogP contribution in [0.4, 0.5) is 0 Å². The summed E-state index contributed by atoms with van der Waals surface area (Å²) in [6.45, 7) is -3.97. The first-order valence-electron chi connectivity index (χ1n) is 52.5. The molecule has 29 N–H and O–H groups in total. The molecular weight excluding hydrogens is 1970 g/mol. The monoisotopic (exact) mass is 2140 g/mol. The summed E-state index contributed by atoms with van der Waals surface area (Å²) in [5, 5.41) is 286. The first-order chi connectivity index (χ1) is 70.7. The molecule has 0 spiro atoms. The van der Waals surface area contributed by atoms with Crippen molar-refractivity contribution in [3.05, 3.63) is 24.3 Å². The largest absolute Gasteiger partial charge is 0.477 e. The number of unbranched alkanes of at least 4 members (excludes halogenated alkanes) is 28. The molecule has 50 nitrogen and oxygen atoms in total. The van der Waals surface area contributed by atoms with Crippen LogP contribution in [-0.4, -0.2) is 462 Å². The molecule has 0 aromatic rings. The van der Waals surface area contributed by atoms with Crippen molar-refractivity contribution in [2.45, 2.75) is 491 Å². The molecule has 50 heteroatoms. The second-order valence-electron chi connectivity index (χ2n) is 39.6. The zero-order valence-corrected chi connectivity index (χ0v) is 85.4. The molecule has 0 radical (unpaired) electrons. The Morgan fingerprint density at radius 3 is 1.11 bits per heavy atom. The van der Waals surface area contributed by atoms with Crippen LogP contribution in [0.3, 0.4) is 0 Å². The zero-order valence-electron chi connectivity index (χ0n) is 85.4. The first kappa shape index (κ1) is 129. The van der Waals surface area contributed by atoms with Gasteiger partial charge >= 0.3 is 11.9 Å². The maximum Gasteiger partial charge on any atom is 0.364 e. The number of aliphatic hydroxyl groups is 22. The summed E-state index contributed by atoms with van der Waals surface area (Å²) in [5.41, 5.74) is 0. The third-order valence-corrected chi connectivity index (χ3v) is 27.8. The number of hydrogen-bond donors (Lipinski definition) is 29. The fourth-order valence-electron chi connectivity index (χ4n) is 19.6.